The topological polar surface area (TPSA) is 34.3 Å². The third-order valence-electron chi connectivity index (χ3n) is 4.56. The van der Waals surface area contributed by atoms with E-state index in [4.69, 9.17) is 0 Å². The highest BCUT2D eigenvalue weighted by Gasteiger charge is 2.23. The zero-order chi connectivity index (χ0) is 16.2. The summed E-state index contributed by atoms with van der Waals surface area (Å²) in [4.78, 5) is 7.49. The van der Waals surface area contributed by atoms with Gasteiger partial charge in [-0.05, 0) is 38.6 Å². The van der Waals surface area contributed by atoms with Crippen LogP contribution in [-0.4, -0.2) is 43.6 Å². The van der Waals surface area contributed by atoms with Crippen LogP contribution in [0.5, 0.6) is 0 Å². The maximum absolute atomic E-state index is 13.4. The summed E-state index contributed by atoms with van der Waals surface area (Å²) in [5.41, 5.74) is 3.24. The van der Waals surface area contributed by atoms with Crippen molar-refractivity contribution in [1.82, 2.24) is 9.88 Å². The number of halogens is 1. The molecule has 0 aliphatic carbocycles. The van der Waals surface area contributed by atoms with Crippen molar-refractivity contribution in [1.29, 1.82) is 0 Å². The van der Waals surface area contributed by atoms with Crippen molar-refractivity contribution in [3.05, 3.63) is 48.0 Å². The summed E-state index contributed by atoms with van der Waals surface area (Å²) >= 11 is 0. The normalized spacial score (nSPS) is 17.9. The minimum Gasteiger partial charge on any atom is -0.380 e. The minimum absolute atomic E-state index is 0.228. The van der Waals surface area contributed by atoms with E-state index in [0.717, 1.165) is 26.1 Å². The summed E-state index contributed by atoms with van der Waals surface area (Å²) in [7, 11) is 4.29. The fraction of sp³-hybridized carbons (Fsp3) is 0.444. The molecule has 1 atom stereocenters. The Balaban J connectivity index is 1.71. The van der Waals surface area contributed by atoms with Gasteiger partial charge in [-0.15, -0.1) is 0 Å². The first kappa shape index (κ1) is 15.9. The Kier molecular flexibility index (Phi) is 4.86. The van der Waals surface area contributed by atoms with Gasteiger partial charge in [0.2, 0.25) is 0 Å². The molecular formula is C18H25FN4. The molecule has 0 saturated carbocycles. The van der Waals surface area contributed by atoms with E-state index < -0.39 is 0 Å². The summed E-state index contributed by atoms with van der Waals surface area (Å²) in [6, 6.07) is 9.12. The molecule has 0 bridgehead atoms. The van der Waals surface area contributed by atoms with E-state index >= 15 is 0 Å². The number of nitrogens with one attached hydrogen (secondary N) is 2. The van der Waals surface area contributed by atoms with Crippen LogP contribution in [0.1, 0.15) is 24.4 Å². The number of hydrogen-bond donors (Lipinski definition) is 2. The minimum atomic E-state index is -0.228. The molecule has 1 aliphatic rings. The number of H-pyrrole nitrogens is 1. The van der Waals surface area contributed by atoms with Gasteiger partial charge in [-0.25, -0.2) is 4.39 Å². The number of para-hydroxylation sites is 1. The Morgan fingerprint density at radius 2 is 2.13 bits per heavy atom. The molecule has 2 aromatic rings. The van der Waals surface area contributed by atoms with Crippen LogP contribution in [0, 0.1) is 5.82 Å². The first-order valence-electron chi connectivity index (χ1n) is 8.23. The van der Waals surface area contributed by atoms with Crippen LogP contribution in [-0.2, 0) is 0 Å². The van der Waals surface area contributed by atoms with E-state index in [1.807, 2.05) is 0 Å². The van der Waals surface area contributed by atoms with Crippen molar-refractivity contribution in [2.24, 2.45) is 0 Å². The van der Waals surface area contributed by atoms with Gasteiger partial charge in [-0.2, -0.15) is 0 Å². The smallest absolute Gasteiger partial charge is 0.163 e. The second kappa shape index (κ2) is 7.04. The maximum atomic E-state index is 13.4. The third-order valence-corrected chi connectivity index (χ3v) is 4.56. The number of hydrogen-bond acceptors (Lipinski definition) is 3. The van der Waals surface area contributed by atoms with Gasteiger partial charge in [-0.3, -0.25) is 0 Å². The largest absolute Gasteiger partial charge is 0.380 e. The molecule has 1 aliphatic heterocycles. The van der Waals surface area contributed by atoms with Crippen molar-refractivity contribution < 1.29 is 4.39 Å². The molecule has 0 fully saturated rings. The Morgan fingerprint density at radius 3 is 2.87 bits per heavy atom. The SMILES string of the molecule is CN(C)C1CCCN(CCNc2c[nH]cc2F)c2ccccc21. The van der Waals surface area contributed by atoms with Gasteiger partial charge < -0.3 is 20.1 Å². The summed E-state index contributed by atoms with van der Waals surface area (Å²) in [6.45, 7) is 2.62. The van der Waals surface area contributed by atoms with E-state index in [2.05, 4.69) is 58.5 Å². The van der Waals surface area contributed by atoms with E-state index in [-0.39, 0.29) is 5.82 Å². The molecule has 3 rings (SSSR count). The average Bonchev–Trinajstić information content (AvgIpc) is 2.85. The van der Waals surface area contributed by atoms with Crippen LogP contribution in [0.15, 0.2) is 36.7 Å². The number of nitrogens with zero attached hydrogens (tertiary/aromatic N) is 2. The van der Waals surface area contributed by atoms with Gasteiger partial charge in [0.1, 0.15) is 0 Å². The van der Waals surface area contributed by atoms with Gasteiger partial charge in [0.25, 0.3) is 0 Å². The molecule has 2 heterocycles. The monoisotopic (exact) mass is 316 g/mol. The Bertz CT molecular complexity index is 637. The van der Waals surface area contributed by atoms with Crippen molar-refractivity contribution in [3.8, 4) is 0 Å². The predicted molar refractivity (Wildman–Crippen MR) is 93.6 cm³/mol. The molecule has 1 aromatic carbocycles. The molecule has 2 N–H and O–H groups in total. The quantitative estimate of drug-likeness (QED) is 0.886. The van der Waals surface area contributed by atoms with Crippen molar-refractivity contribution >= 4 is 11.4 Å². The van der Waals surface area contributed by atoms with Crippen LogP contribution in [0.4, 0.5) is 15.8 Å². The zero-order valence-corrected chi connectivity index (χ0v) is 13.8. The van der Waals surface area contributed by atoms with Gasteiger partial charge >= 0.3 is 0 Å². The highest BCUT2D eigenvalue weighted by atomic mass is 19.1. The summed E-state index contributed by atoms with van der Waals surface area (Å²) < 4.78 is 13.4. The fourth-order valence-electron chi connectivity index (χ4n) is 3.38. The van der Waals surface area contributed by atoms with E-state index in [1.54, 1.807) is 6.20 Å². The molecule has 0 amide bonds. The lowest BCUT2D eigenvalue weighted by atomic mass is 10.0. The molecule has 5 heteroatoms. The number of aromatic amines is 1. The number of fused-ring (bicyclic) bond motifs is 1. The highest BCUT2D eigenvalue weighted by molar-refractivity contribution is 5.56. The molecular weight excluding hydrogens is 291 g/mol. The summed E-state index contributed by atoms with van der Waals surface area (Å²) in [5.74, 6) is -0.228. The summed E-state index contributed by atoms with van der Waals surface area (Å²) in [5, 5.41) is 3.17. The van der Waals surface area contributed by atoms with Crippen molar-refractivity contribution in [2.45, 2.75) is 18.9 Å². The average molecular weight is 316 g/mol. The van der Waals surface area contributed by atoms with Crippen LogP contribution >= 0.6 is 0 Å². The number of aromatic nitrogens is 1. The molecule has 1 aromatic heterocycles. The van der Waals surface area contributed by atoms with Crippen LogP contribution in [0.2, 0.25) is 0 Å². The molecule has 1 unspecified atom stereocenters. The molecule has 4 nitrogen and oxygen atoms in total. The van der Waals surface area contributed by atoms with E-state index in [9.17, 15) is 4.39 Å². The molecule has 124 valence electrons. The Labute approximate surface area is 137 Å². The van der Waals surface area contributed by atoms with Gasteiger partial charge in [0.05, 0.1) is 5.69 Å². The molecule has 23 heavy (non-hydrogen) atoms. The predicted octanol–water partition coefficient (Wildman–Crippen LogP) is 3.47. The molecule has 0 saturated heterocycles. The lowest BCUT2D eigenvalue weighted by molar-refractivity contribution is 0.284. The lowest BCUT2D eigenvalue weighted by Crippen LogP contribution is -2.30. The van der Waals surface area contributed by atoms with Crippen molar-refractivity contribution in [2.75, 3.05) is 43.9 Å². The standard InChI is InChI=1S/C18H25FN4/c1-22(2)17-8-5-10-23(18-7-4-3-6-14(17)18)11-9-21-16-13-20-12-15(16)19/h3-4,6-7,12-13,17,20-21H,5,8-11H2,1-2H3. The van der Waals surface area contributed by atoms with Gasteiger partial charge in [-0.1, -0.05) is 18.2 Å². The highest BCUT2D eigenvalue weighted by Crippen LogP contribution is 2.35. The maximum Gasteiger partial charge on any atom is 0.163 e. The lowest BCUT2D eigenvalue weighted by Gasteiger charge is -2.28. The third kappa shape index (κ3) is 3.50. The van der Waals surface area contributed by atoms with E-state index in [1.165, 1.54) is 23.9 Å². The second-order valence-corrected chi connectivity index (χ2v) is 6.31. The van der Waals surface area contributed by atoms with Crippen LogP contribution in [0.3, 0.4) is 0 Å². The van der Waals surface area contributed by atoms with E-state index in [0.29, 0.717) is 11.7 Å². The molecule has 0 spiro atoms. The van der Waals surface area contributed by atoms with Crippen LogP contribution in [0.25, 0.3) is 0 Å². The first-order chi connectivity index (χ1) is 11.2. The number of anilines is 2. The first-order valence-corrected chi connectivity index (χ1v) is 8.23. The Hall–Kier alpha value is -2.01. The number of benzene rings is 1. The van der Waals surface area contributed by atoms with Gasteiger partial charge in [0.15, 0.2) is 5.82 Å². The fourth-order valence-corrected chi connectivity index (χ4v) is 3.38. The summed E-state index contributed by atoms with van der Waals surface area (Å²) in [6.07, 6.45) is 5.36. The van der Waals surface area contributed by atoms with Crippen LogP contribution < -0.4 is 10.2 Å². The Morgan fingerprint density at radius 1 is 1.30 bits per heavy atom. The second-order valence-electron chi connectivity index (χ2n) is 6.31. The number of rotatable bonds is 5. The van der Waals surface area contributed by atoms with Gasteiger partial charge in [0, 0.05) is 43.8 Å². The zero-order valence-electron chi connectivity index (χ0n) is 13.8. The molecule has 0 radical (unpaired) electrons. The van der Waals surface area contributed by atoms with Crippen molar-refractivity contribution in [3.63, 3.8) is 0 Å².